The maximum atomic E-state index is 12.8. The van der Waals surface area contributed by atoms with E-state index in [0.29, 0.717) is 30.9 Å². The van der Waals surface area contributed by atoms with Gasteiger partial charge in [0.15, 0.2) is 17.2 Å². The third kappa shape index (κ3) is 4.64. The van der Waals surface area contributed by atoms with E-state index in [1.165, 1.54) is 6.08 Å². The van der Waals surface area contributed by atoms with E-state index in [0.717, 1.165) is 17.8 Å². The van der Waals surface area contributed by atoms with Crippen molar-refractivity contribution in [3.05, 3.63) is 47.8 Å². The Morgan fingerprint density at radius 3 is 2.90 bits per heavy atom. The number of hydrogen-bond acceptors (Lipinski definition) is 6. The smallest absolute Gasteiger partial charge is 0.433 e. The van der Waals surface area contributed by atoms with Crippen LogP contribution in [0.1, 0.15) is 24.1 Å². The quantitative estimate of drug-likeness (QED) is 0.706. The molecule has 0 N–H and O–H groups in total. The van der Waals surface area contributed by atoms with Crippen molar-refractivity contribution in [1.82, 2.24) is 14.9 Å². The molecule has 1 atom stereocenters. The number of rotatable bonds is 4. The minimum Gasteiger partial charge on any atom is -0.458 e. The van der Waals surface area contributed by atoms with Gasteiger partial charge < -0.3 is 19.1 Å². The molecule has 1 aromatic carbocycles. The second-order valence-electron chi connectivity index (χ2n) is 6.83. The Hall–Kier alpha value is -3.30. The molecule has 1 unspecified atom stereocenters. The summed E-state index contributed by atoms with van der Waals surface area (Å²) in [5, 5.41) is 0. The van der Waals surface area contributed by atoms with Gasteiger partial charge in [-0.15, -0.1) is 0 Å². The summed E-state index contributed by atoms with van der Waals surface area (Å²) < 4.78 is 54.5. The first-order valence-corrected chi connectivity index (χ1v) is 9.32. The van der Waals surface area contributed by atoms with Crippen LogP contribution in [0.3, 0.4) is 0 Å². The lowest BCUT2D eigenvalue weighted by atomic mass is 10.1. The molecule has 2 aliphatic heterocycles. The number of likely N-dealkylation sites (tertiary alicyclic amines) is 1. The van der Waals surface area contributed by atoms with Gasteiger partial charge in [0.1, 0.15) is 6.10 Å². The summed E-state index contributed by atoms with van der Waals surface area (Å²) in [6.45, 7) is 0.948. The Labute approximate surface area is 170 Å². The molecule has 2 aromatic rings. The second kappa shape index (κ2) is 8.21. The van der Waals surface area contributed by atoms with Crippen molar-refractivity contribution in [1.29, 1.82) is 0 Å². The number of hydrogen-bond donors (Lipinski definition) is 0. The normalized spacial score (nSPS) is 18.6. The van der Waals surface area contributed by atoms with E-state index in [2.05, 4.69) is 9.97 Å². The third-order valence-corrected chi connectivity index (χ3v) is 4.70. The lowest BCUT2D eigenvalue weighted by Gasteiger charge is -2.31. The lowest BCUT2D eigenvalue weighted by molar-refractivity contribution is -0.141. The average molecular weight is 421 g/mol. The Morgan fingerprint density at radius 1 is 1.23 bits per heavy atom. The first-order valence-electron chi connectivity index (χ1n) is 9.32. The molecular formula is C20H18F3N3O4. The van der Waals surface area contributed by atoms with Crippen LogP contribution in [0.15, 0.2) is 36.5 Å². The second-order valence-corrected chi connectivity index (χ2v) is 6.83. The molecule has 1 saturated heterocycles. The van der Waals surface area contributed by atoms with Gasteiger partial charge in [0.2, 0.25) is 12.7 Å². The standard InChI is InChI=1S/C20H18F3N3O4/c21-20(22,23)17-7-8-24-19(25-17)30-14-2-1-9-26(11-14)18(27)6-4-13-3-5-15-16(10-13)29-12-28-15/h3-8,10,14H,1-2,9,11-12H2/b6-4+. The van der Waals surface area contributed by atoms with Crippen molar-refractivity contribution < 1.29 is 32.2 Å². The maximum Gasteiger partial charge on any atom is 0.433 e. The van der Waals surface area contributed by atoms with Gasteiger partial charge in [-0.2, -0.15) is 18.2 Å². The molecule has 158 valence electrons. The van der Waals surface area contributed by atoms with Gasteiger partial charge in [-0.1, -0.05) is 6.07 Å². The van der Waals surface area contributed by atoms with Crippen LogP contribution in [0, 0.1) is 0 Å². The summed E-state index contributed by atoms with van der Waals surface area (Å²) in [6.07, 6.45) is 0.318. The number of halogens is 3. The molecule has 3 heterocycles. The highest BCUT2D eigenvalue weighted by molar-refractivity contribution is 5.92. The molecule has 0 bridgehead atoms. The van der Waals surface area contributed by atoms with Crippen LogP contribution >= 0.6 is 0 Å². The summed E-state index contributed by atoms with van der Waals surface area (Å²) in [6, 6.07) is 5.79. The summed E-state index contributed by atoms with van der Waals surface area (Å²) in [5.74, 6) is 1.06. The van der Waals surface area contributed by atoms with E-state index >= 15 is 0 Å². The molecule has 2 aliphatic rings. The molecule has 1 amide bonds. The molecule has 1 fully saturated rings. The van der Waals surface area contributed by atoms with Gasteiger partial charge in [0.05, 0.1) is 6.54 Å². The minimum absolute atomic E-state index is 0.173. The van der Waals surface area contributed by atoms with E-state index in [1.807, 2.05) is 6.07 Å². The number of carbonyl (C=O) groups is 1. The predicted octanol–water partition coefficient (Wildman–Crippen LogP) is 3.31. The van der Waals surface area contributed by atoms with Gasteiger partial charge in [-0.05, 0) is 42.7 Å². The highest BCUT2D eigenvalue weighted by atomic mass is 19.4. The molecule has 0 radical (unpaired) electrons. The van der Waals surface area contributed by atoms with Crippen LogP contribution in [-0.4, -0.2) is 46.8 Å². The van der Waals surface area contributed by atoms with Gasteiger partial charge >= 0.3 is 12.2 Å². The van der Waals surface area contributed by atoms with Crippen molar-refractivity contribution in [3.63, 3.8) is 0 Å². The number of aromatic nitrogens is 2. The summed E-state index contributed by atoms with van der Waals surface area (Å²) in [5.41, 5.74) is -0.280. The molecule has 1 aromatic heterocycles. The fourth-order valence-electron chi connectivity index (χ4n) is 3.23. The van der Waals surface area contributed by atoms with Crippen LogP contribution in [0.4, 0.5) is 13.2 Å². The number of ether oxygens (including phenoxy) is 3. The van der Waals surface area contributed by atoms with Crippen molar-refractivity contribution in [3.8, 4) is 17.5 Å². The van der Waals surface area contributed by atoms with Crippen molar-refractivity contribution in [2.24, 2.45) is 0 Å². The molecule has 0 spiro atoms. The number of benzene rings is 1. The van der Waals surface area contributed by atoms with E-state index < -0.39 is 18.0 Å². The van der Waals surface area contributed by atoms with Crippen molar-refractivity contribution >= 4 is 12.0 Å². The van der Waals surface area contributed by atoms with Crippen LogP contribution in [0.5, 0.6) is 17.5 Å². The van der Waals surface area contributed by atoms with Crippen molar-refractivity contribution in [2.75, 3.05) is 19.9 Å². The maximum absolute atomic E-state index is 12.8. The highest BCUT2D eigenvalue weighted by Gasteiger charge is 2.33. The summed E-state index contributed by atoms with van der Waals surface area (Å²) in [4.78, 5) is 21.3. The van der Waals surface area contributed by atoms with Gasteiger partial charge in [-0.25, -0.2) is 4.98 Å². The Bertz CT molecular complexity index is 965. The molecule has 30 heavy (non-hydrogen) atoms. The lowest BCUT2D eigenvalue weighted by Crippen LogP contribution is -2.44. The zero-order valence-electron chi connectivity index (χ0n) is 15.8. The SMILES string of the molecule is O=C(/C=C/c1ccc2c(c1)OCO2)N1CCCC(Oc2nccc(C(F)(F)F)n2)C1. The number of piperidine rings is 1. The number of amides is 1. The monoisotopic (exact) mass is 421 g/mol. The Kier molecular flexibility index (Phi) is 5.47. The highest BCUT2D eigenvalue weighted by Crippen LogP contribution is 2.33. The molecule has 10 heteroatoms. The molecule has 0 saturated carbocycles. The van der Waals surface area contributed by atoms with Crippen LogP contribution < -0.4 is 14.2 Å². The zero-order chi connectivity index (χ0) is 21.1. The number of nitrogens with zero attached hydrogens (tertiary/aromatic N) is 3. The summed E-state index contributed by atoms with van der Waals surface area (Å²) in [7, 11) is 0. The van der Waals surface area contributed by atoms with E-state index in [-0.39, 0.29) is 25.3 Å². The molecular weight excluding hydrogens is 403 g/mol. The topological polar surface area (TPSA) is 73.8 Å². The summed E-state index contributed by atoms with van der Waals surface area (Å²) >= 11 is 0. The van der Waals surface area contributed by atoms with Crippen molar-refractivity contribution in [2.45, 2.75) is 25.1 Å². The van der Waals surface area contributed by atoms with Gasteiger partial charge in [0.25, 0.3) is 0 Å². The van der Waals surface area contributed by atoms with Crippen LogP contribution in [0.2, 0.25) is 0 Å². The third-order valence-electron chi connectivity index (χ3n) is 4.70. The number of alkyl halides is 3. The van der Waals surface area contributed by atoms with Crippen LogP contribution in [-0.2, 0) is 11.0 Å². The predicted molar refractivity (Wildman–Crippen MR) is 98.9 cm³/mol. The van der Waals surface area contributed by atoms with E-state index in [4.69, 9.17) is 14.2 Å². The molecule has 4 rings (SSSR count). The van der Waals surface area contributed by atoms with Gasteiger partial charge in [0, 0.05) is 18.8 Å². The first-order chi connectivity index (χ1) is 14.4. The number of carbonyl (C=O) groups excluding carboxylic acids is 1. The largest absolute Gasteiger partial charge is 0.458 e. The number of fused-ring (bicyclic) bond motifs is 1. The average Bonchev–Trinajstić information content (AvgIpc) is 3.20. The fourth-order valence-corrected chi connectivity index (χ4v) is 3.23. The van der Waals surface area contributed by atoms with E-state index in [9.17, 15) is 18.0 Å². The first kappa shape index (κ1) is 20.0. The van der Waals surface area contributed by atoms with Gasteiger partial charge in [-0.3, -0.25) is 4.79 Å². The van der Waals surface area contributed by atoms with E-state index in [1.54, 1.807) is 23.1 Å². The molecule has 7 nitrogen and oxygen atoms in total. The zero-order valence-corrected chi connectivity index (χ0v) is 15.8. The Balaban J connectivity index is 1.37. The van der Waals surface area contributed by atoms with Crippen LogP contribution in [0.25, 0.3) is 6.08 Å². The Morgan fingerprint density at radius 2 is 2.07 bits per heavy atom. The fraction of sp³-hybridized carbons (Fsp3) is 0.350. The molecule has 0 aliphatic carbocycles. The minimum atomic E-state index is -4.57.